The molecule has 0 aromatic rings. The molecular weight excluding hydrogens is 408 g/mol. The molecular formula is C26H48O6. The lowest BCUT2D eigenvalue weighted by Gasteiger charge is -2.13. The van der Waals surface area contributed by atoms with Gasteiger partial charge in [0.25, 0.3) is 0 Å². The smallest absolute Gasteiger partial charge is 0.345 e. The van der Waals surface area contributed by atoms with Crippen LogP contribution in [-0.2, 0) is 23.9 Å². The lowest BCUT2D eigenvalue weighted by atomic mass is 10.1. The molecule has 6 heteroatoms. The fourth-order valence-corrected chi connectivity index (χ4v) is 3.59. The first-order valence-corrected chi connectivity index (χ1v) is 13.1. The average Bonchev–Trinajstić information content (AvgIpc) is 2.76. The quantitative estimate of drug-likeness (QED) is 0.132. The molecule has 0 fully saturated rings. The number of carbonyl (C=O) groups excluding carboxylic acids is 2. The van der Waals surface area contributed by atoms with E-state index in [0.717, 1.165) is 83.5 Å². The maximum absolute atomic E-state index is 11.9. The van der Waals surface area contributed by atoms with Gasteiger partial charge in [-0.3, -0.25) is 9.59 Å². The van der Waals surface area contributed by atoms with Gasteiger partial charge in [0.05, 0.1) is 6.61 Å². The van der Waals surface area contributed by atoms with E-state index in [1.54, 1.807) is 0 Å². The highest BCUT2D eigenvalue weighted by molar-refractivity contribution is 5.77. The summed E-state index contributed by atoms with van der Waals surface area (Å²) in [4.78, 5) is 34.8. The first-order chi connectivity index (χ1) is 15.5. The predicted molar refractivity (Wildman–Crippen MR) is 128 cm³/mol. The van der Waals surface area contributed by atoms with E-state index in [2.05, 4.69) is 13.8 Å². The summed E-state index contributed by atoms with van der Waals surface area (Å²) < 4.78 is 10.4. The fourth-order valence-electron chi connectivity index (χ4n) is 3.59. The highest BCUT2D eigenvalue weighted by Crippen LogP contribution is 2.13. The number of carboxylic acid groups (broad SMARTS) is 1. The summed E-state index contributed by atoms with van der Waals surface area (Å²) >= 11 is 0. The van der Waals surface area contributed by atoms with Gasteiger partial charge in [-0.05, 0) is 32.1 Å². The van der Waals surface area contributed by atoms with Crippen LogP contribution in [0.15, 0.2) is 0 Å². The zero-order valence-corrected chi connectivity index (χ0v) is 20.7. The summed E-state index contributed by atoms with van der Waals surface area (Å²) in [7, 11) is 0. The number of carbonyl (C=O) groups is 3. The van der Waals surface area contributed by atoms with Crippen molar-refractivity contribution in [1.29, 1.82) is 0 Å². The molecule has 188 valence electrons. The molecule has 6 nitrogen and oxygen atoms in total. The highest BCUT2D eigenvalue weighted by Gasteiger charge is 2.21. The second-order valence-corrected chi connectivity index (χ2v) is 8.78. The monoisotopic (exact) mass is 456 g/mol. The van der Waals surface area contributed by atoms with E-state index >= 15 is 0 Å². The molecule has 0 aromatic heterocycles. The Morgan fingerprint density at radius 3 is 1.66 bits per heavy atom. The number of ether oxygens (including phenoxy) is 2. The Hall–Kier alpha value is -1.59. The molecule has 0 heterocycles. The second-order valence-electron chi connectivity index (χ2n) is 8.78. The SMILES string of the molecule is CCCCCCCC(=O)OCCCCCCCCC(OC(=O)CCCCCCC)C(=O)O. The van der Waals surface area contributed by atoms with Gasteiger partial charge in [0, 0.05) is 12.8 Å². The number of aliphatic carboxylic acids is 1. The Bertz CT molecular complexity index is 477. The fraction of sp³-hybridized carbons (Fsp3) is 0.885. The van der Waals surface area contributed by atoms with Crippen molar-refractivity contribution >= 4 is 17.9 Å². The van der Waals surface area contributed by atoms with Crippen LogP contribution in [0, 0.1) is 0 Å². The van der Waals surface area contributed by atoms with Gasteiger partial charge in [0.15, 0.2) is 6.10 Å². The summed E-state index contributed by atoms with van der Waals surface area (Å²) in [5.41, 5.74) is 0. The molecule has 0 radical (unpaired) electrons. The maximum atomic E-state index is 11.9. The maximum Gasteiger partial charge on any atom is 0.345 e. The molecule has 0 saturated heterocycles. The van der Waals surface area contributed by atoms with Crippen LogP contribution in [0.4, 0.5) is 0 Å². The summed E-state index contributed by atoms with van der Waals surface area (Å²) in [6.07, 6.45) is 16.5. The minimum atomic E-state index is -1.06. The number of rotatable bonds is 23. The van der Waals surface area contributed by atoms with Gasteiger partial charge in [-0.2, -0.15) is 0 Å². The summed E-state index contributed by atoms with van der Waals surface area (Å²) in [6.45, 7) is 4.80. The van der Waals surface area contributed by atoms with Crippen molar-refractivity contribution in [2.24, 2.45) is 0 Å². The van der Waals surface area contributed by atoms with Gasteiger partial charge in [-0.15, -0.1) is 0 Å². The Morgan fingerprint density at radius 1 is 0.625 bits per heavy atom. The van der Waals surface area contributed by atoms with Crippen molar-refractivity contribution in [3.63, 3.8) is 0 Å². The van der Waals surface area contributed by atoms with Crippen molar-refractivity contribution in [3.8, 4) is 0 Å². The number of unbranched alkanes of at least 4 members (excludes halogenated alkanes) is 13. The Morgan fingerprint density at radius 2 is 1.09 bits per heavy atom. The van der Waals surface area contributed by atoms with E-state index < -0.39 is 18.0 Å². The molecule has 0 aliphatic rings. The number of esters is 2. The standard InChI is InChI=1S/C26H48O6/c1-3-5-7-11-16-20-24(27)31-22-18-14-10-9-13-15-19-23(26(29)30)32-25(28)21-17-12-8-6-4-2/h23H,3-22H2,1-2H3,(H,29,30). The van der Waals surface area contributed by atoms with Crippen molar-refractivity contribution in [3.05, 3.63) is 0 Å². The molecule has 1 N–H and O–H groups in total. The number of hydrogen-bond acceptors (Lipinski definition) is 5. The van der Waals surface area contributed by atoms with Crippen LogP contribution in [0.3, 0.4) is 0 Å². The second kappa shape index (κ2) is 22.6. The van der Waals surface area contributed by atoms with Crippen molar-refractivity contribution in [1.82, 2.24) is 0 Å². The van der Waals surface area contributed by atoms with Crippen molar-refractivity contribution in [2.45, 2.75) is 142 Å². The van der Waals surface area contributed by atoms with E-state index in [0.29, 0.717) is 25.9 Å². The van der Waals surface area contributed by atoms with Crippen LogP contribution in [0.5, 0.6) is 0 Å². The van der Waals surface area contributed by atoms with E-state index in [1.165, 1.54) is 19.3 Å². The van der Waals surface area contributed by atoms with Gasteiger partial charge < -0.3 is 14.6 Å². The highest BCUT2D eigenvalue weighted by atomic mass is 16.6. The molecule has 0 bridgehead atoms. The lowest BCUT2D eigenvalue weighted by Crippen LogP contribution is -2.27. The Labute approximate surface area is 195 Å². The number of carboxylic acids is 1. The predicted octanol–water partition coefficient (Wildman–Crippen LogP) is 6.98. The third kappa shape index (κ3) is 20.3. The van der Waals surface area contributed by atoms with Gasteiger partial charge in [-0.1, -0.05) is 90.9 Å². The zero-order chi connectivity index (χ0) is 23.9. The van der Waals surface area contributed by atoms with Crippen LogP contribution in [0.2, 0.25) is 0 Å². The van der Waals surface area contributed by atoms with Crippen LogP contribution in [0.1, 0.15) is 136 Å². The van der Waals surface area contributed by atoms with Crippen molar-refractivity contribution in [2.75, 3.05) is 6.61 Å². The molecule has 0 amide bonds. The molecule has 0 aliphatic heterocycles. The lowest BCUT2D eigenvalue weighted by molar-refractivity contribution is -0.164. The van der Waals surface area contributed by atoms with E-state index in [4.69, 9.17) is 9.47 Å². The summed E-state index contributed by atoms with van der Waals surface area (Å²) in [6, 6.07) is 0. The largest absolute Gasteiger partial charge is 0.479 e. The van der Waals surface area contributed by atoms with Crippen molar-refractivity contribution < 1.29 is 29.0 Å². The normalized spacial score (nSPS) is 11.8. The van der Waals surface area contributed by atoms with Gasteiger partial charge in [0.2, 0.25) is 0 Å². The average molecular weight is 457 g/mol. The van der Waals surface area contributed by atoms with Gasteiger partial charge in [0.1, 0.15) is 0 Å². The Balaban J connectivity index is 3.63. The van der Waals surface area contributed by atoms with Gasteiger partial charge >= 0.3 is 17.9 Å². The third-order valence-electron chi connectivity index (χ3n) is 5.64. The molecule has 0 aromatic carbocycles. The van der Waals surface area contributed by atoms with E-state index in [1.807, 2.05) is 0 Å². The molecule has 0 saturated carbocycles. The minimum Gasteiger partial charge on any atom is -0.479 e. The summed E-state index contributed by atoms with van der Waals surface area (Å²) in [5.74, 6) is -1.54. The molecule has 0 rings (SSSR count). The zero-order valence-electron chi connectivity index (χ0n) is 20.7. The molecule has 1 unspecified atom stereocenters. The molecule has 0 aliphatic carbocycles. The van der Waals surface area contributed by atoms with Crippen LogP contribution in [0.25, 0.3) is 0 Å². The van der Waals surface area contributed by atoms with Crippen LogP contribution >= 0.6 is 0 Å². The molecule has 1 atom stereocenters. The minimum absolute atomic E-state index is 0.0864. The molecule has 32 heavy (non-hydrogen) atoms. The van der Waals surface area contributed by atoms with E-state index in [9.17, 15) is 19.5 Å². The third-order valence-corrected chi connectivity index (χ3v) is 5.64. The van der Waals surface area contributed by atoms with E-state index in [-0.39, 0.29) is 5.97 Å². The first kappa shape index (κ1) is 30.4. The van der Waals surface area contributed by atoms with Gasteiger partial charge in [-0.25, -0.2) is 4.79 Å². The Kier molecular flexibility index (Phi) is 21.5. The topological polar surface area (TPSA) is 89.9 Å². The van der Waals surface area contributed by atoms with Crippen LogP contribution in [-0.4, -0.2) is 35.7 Å². The molecule has 0 spiro atoms. The number of hydrogen-bond donors (Lipinski definition) is 1. The first-order valence-electron chi connectivity index (χ1n) is 13.1. The summed E-state index contributed by atoms with van der Waals surface area (Å²) in [5, 5.41) is 9.28. The van der Waals surface area contributed by atoms with Crippen LogP contribution < -0.4 is 0 Å².